The van der Waals surface area contributed by atoms with Crippen molar-refractivity contribution in [2.45, 2.75) is 12.8 Å². The van der Waals surface area contributed by atoms with Crippen molar-refractivity contribution in [3.05, 3.63) is 53.9 Å². The minimum absolute atomic E-state index is 0.0314. The lowest BCUT2D eigenvalue weighted by Crippen LogP contribution is -2.35. The van der Waals surface area contributed by atoms with E-state index in [2.05, 4.69) is 16.4 Å². The summed E-state index contributed by atoms with van der Waals surface area (Å²) in [5, 5.41) is 3.03. The van der Waals surface area contributed by atoms with Gasteiger partial charge in [0.25, 0.3) is 5.91 Å². The van der Waals surface area contributed by atoms with E-state index in [9.17, 15) is 4.79 Å². The number of fused-ring (bicyclic) bond motifs is 1. The van der Waals surface area contributed by atoms with Crippen LogP contribution in [0, 0.1) is 0 Å². The summed E-state index contributed by atoms with van der Waals surface area (Å²) >= 11 is 0. The molecule has 0 saturated heterocycles. The molecule has 1 aliphatic heterocycles. The molecule has 0 fully saturated rings. The van der Waals surface area contributed by atoms with Crippen LogP contribution in [0.4, 0.5) is 11.4 Å². The summed E-state index contributed by atoms with van der Waals surface area (Å²) in [6, 6.07) is 9.90. The number of hydrogen-bond donors (Lipinski definition) is 1. The number of amides is 1. The van der Waals surface area contributed by atoms with Gasteiger partial charge in [-0.1, -0.05) is 18.2 Å². The van der Waals surface area contributed by atoms with E-state index in [0.717, 1.165) is 30.8 Å². The highest BCUT2D eigenvalue weighted by atomic mass is 16.2. The normalized spacial score (nSPS) is 13.8. The van der Waals surface area contributed by atoms with Crippen LogP contribution in [0.2, 0.25) is 0 Å². The number of rotatable bonds is 2. The van der Waals surface area contributed by atoms with Gasteiger partial charge in [-0.25, -0.2) is 0 Å². The quantitative estimate of drug-likeness (QED) is 0.910. The number of aryl methyl sites for hydroxylation is 1. The summed E-state index contributed by atoms with van der Waals surface area (Å²) in [7, 11) is 1.80. The molecule has 0 spiro atoms. The zero-order valence-corrected chi connectivity index (χ0v) is 11.5. The summed E-state index contributed by atoms with van der Waals surface area (Å²) in [5.74, 6) is 0.0314. The van der Waals surface area contributed by atoms with Crippen LogP contribution in [0.3, 0.4) is 0 Å². The molecular weight excluding hydrogens is 250 g/mol. The Hall–Kier alpha value is -2.36. The summed E-state index contributed by atoms with van der Waals surface area (Å²) in [4.78, 5) is 18.7. The number of carbonyl (C=O) groups is 1. The maximum absolute atomic E-state index is 12.8. The Kier molecular flexibility index (Phi) is 3.37. The number of hydrogen-bond acceptors (Lipinski definition) is 3. The summed E-state index contributed by atoms with van der Waals surface area (Å²) in [6.07, 6.45) is 5.38. The molecule has 0 aliphatic carbocycles. The number of nitrogens with zero attached hydrogens (tertiary/aromatic N) is 2. The largest absolute Gasteiger partial charge is 0.386 e. The Morgan fingerprint density at radius 3 is 3.00 bits per heavy atom. The molecule has 0 unspecified atom stereocenters. The maximum Gasteiger partial charge on any atom is 0.260 e. The number of nitrogens with one attached hydrogen (secondary N) is 1. The van der Waals surface area contributed by atoms with E-state index >= 15 is 0 Å². The van der Waals surface area contributed by atoms with Crippen LogP contribution in [0.1, 0.15) is 22.3 Å². The second kappa shape index (κ2) is 5.33. The SMILES string of the molecule is CNc1cnccc1C(=O)N1CCCc2ccccc21. The first kappa shape index (κ1) is 12.7. The van der Waals surface area contributed by atoms with Crippen LogP contribution in [0.5, 0.6) is 0 Å². The molecule has 0 saturated carbocycles. The molecule has 1 amide bonds. The summed E-state index contributed by atoms with van der Waals surface area (Å²) < 4.78 is 0. The first-order valence-electron chi connectivity index (χ1n) is 6.83. The Bertz CT molecular complexity index is 639. The van der Waals surface area contributed by atoms with Gasteiger partial charge in [-0.2, -0.15) is 0 Å². The van der Waals surface area contributed by atoms with Crippen molar-refractivity contribution in [3.8, 4) is 0 Å². The zero-order valence-electron chi connectivity index (χ0n) is 11.5. The van der Waals surface area contributed by atoms with Crippen molar-refractivity contribution >= 4 is 17.3 Å². The van der Waals surface area contributed by atoms with Gasteiger partial charge in [-0.3, -0.25) is 9.78 Å². The van der Waals surface area contributed by atoms with E-state index in [0.29, 0.717) is 5.56 Å². The van der Waals surface area contributed by atoms with Gasteiger partial charge >= 0.3 is 0 Å². The lowest BCUT2D eigenvalue weighted by Gasteiger charge is -2.30. The van der Waals surface area contributed by atoms with Gasteiger partial charge in [0.05, 0.1) is 17.4 Å². The zero-order chi connectivity index (χ0) is 13.9. The summed E-state index contributed by atoms with van der Waals surface area (Å²) in [5.41, 5.74) is 3.70. The van der Waals surface area contributed by atoms with Crippen LogP contribution in [-0.4, -0.2) is 24.5 Å². The average Bonchev–Trinajstić information content (AvgIpc) is 2.53. The van der Waals surface area contributed by atoms with Gasteiger partial charge in [-0.05, 0) is 30.5 Å². The monoisotopic (exact) mass is 267 g/mol. The van der Waals surface area contributed by atoms with Gasteiger partial charge in [0.1, 0.15) is 0 Å². The highest BCUT2D eigenvalue weighted by molar-refractivity contribution is 6.10. The Morgan fingerprint density at radius 1 is 1.30 bits per heavy atom. The van der Waals surface area contributed by atoms with E-state index in [4.69, 9.17) is 0 Å². The highest BCUT2D eigenvalue weighted by Gasteiger charge is 2.24. The van der Waals surface area contributed by atoms with E-state index in [1.54, 1.807) is 25.5 Å². The van der Waals surface area contributed by atoms with E-state index in [1.807, 2.05) is 23.1 Å². The fourth-order valence-corrected chi connectivity index (χ4v) is 2.67. The van der Waals surface area contributed by atoms with Gasteiger partial charge in [0.2, 0.25) is 0 Å². The maximum atomic E-state index is 12.8. The van der Waals surface area contributed by atoms with Crippen molar-refractivity contribution < 1.29 is 4.79 Å². The Morgan fingerprint density at radius 2 is 2.15 bits per heavy atom. The second-order valence-corrected chi connectivity index (χ2v) is 4.86. The van der Waals surface area contributed by atoms with Crippen LogP contribution in [-0.2, 0) is 6.42 Å². The van der Waals surface area contributed by atoms with Gasteiger partial charge in [0.15, 0.2) is 0 Å². The fraction of sp³-hybridized carbons (Fsp3) is 0.250. The average molecular weight is 267 g/mol. The third-order valence-electron chi connectivity index (χ3n) is 3.68. The van der Waals surface area contributed by atoms with Crippen molar-refractivity contribution in [3.63, 3.8) is 0 Å². The van der Waals surface area contributed by atoms with Crippen LogP contribution < -0.4 is 10.2 Å². The number of pyridine rings is 1. The van der Waals surface area contributed by atoms with Crippen molar-refractivity contribution in [1.29, 1.82) is 0 Å². The number of aromatic nitrogens is 1. The second-order valence-electron chi connectivity index (χ2n) is 4.86. The number of carbonyl (C=O) groups excluding carboxylic acids is 1. The minimum atomic E-state index is 0.0314. The lowest BCUT2D eigenvalue weighted by molar-refractivity contribution is 0.0986. The van der Waals surface area contributed by atoms with Gasteiger partial charge < -0.3 is 10.2 Å². The third kappa shape index (κ3) is 2.13. The van der Waals surface area contributed by atoms with Crippen molar-refractivity contribution in [2.24, 2.45) is 0 Å². The molecule has 3 rings (SSSR count). The summed E-state index contributed by atoms with van der Waals surface area (Å²) in [6.45, 7) is 0.765. The molecule has 1 aromatic carbocycles. The molecular formula is C16H17N3O. The van der Waals surface area contributed by atoms with E-state index in [-0.39, 0.29) is 5.91 Å². The number of anilines is 2. The predicted octanol–water partition coefficient (Wildman–Crippen LogP) is 2.72. The van der Waals surface area contributed by atoms with Gasteiger partial charge in [0, 0.05) is 25.5 Å². The topological polar surface area (TPSA) is 45.2 Å². The van der Waals surface area contributed by atoms with Crippen molar-refractivity contribution in [2.75, 3.05) is 23.8 Å². The van der Waals surface area contributed by atoms with Crippen LogP contribution >= 0.6 is 0 Å². The fourth-order valence-electron chi connectivity index (χ4n) is 2.67. The number of benzene rings is 1. The molecule has 4 nitrogen and oxygen atoms in total. The van der Waals surface area contributed by atoms with Gasteiger partial charge in [-0.15, -0.1) is 0 Å². The molecule has 2 heterocycles. The Labute approximate surface area is 118 Å². The molecule has 0 atom stereocenters. The minimum Gasteiger partial charge on any atom is -0.386 e. The van der Waals surface area contributed by atoms with Crippen LogP contribution in [0.25, 0.3) is 0 Å². The molecule has 1 aromatic heterocycles. The molecule has 2 aromatic rings. The van der Waals surface area contributed by atoms with E-state index < -0.39 is 0 Å². The molecule has 4 heteroatoms. The molecule has 1 N–H and O–H groups in total. The molecule has 1 aliphatic rings. The Balaban J connectivity index is 2.00. The molecule has 102 valence electrons. The van der Waals surface area contributed by atoms with Crippen LogP contribution in [0.15, 0.2) is 42.7 Å². The first-order chi connectivity index (χ1) is 9.81. The standard InChI is InChI=1S/C16H17N3O/c1-17-14-11-18-9-8-13(14)16(20)19-10-4-6-12-5-2-3-7-15(12)19/h2-3,5,7-9,11,17H,4,6,10H2,1H3. The predicted molar refractivity (Wildman–Crippen MR) is 80.2 cm³/mol. The smallest absolute Gasteiger partial charge is 0.260 e. The number of para-hydroxylation sites is 1. The highest BCUT2D eigenvalue weighted by Crippen LogP contribution is 2.29. The molecule has 0 radical (unpaired) electrons. The van der Waals surface area contributed by atoms with Crippen molar-refractivity contribution in [1.82, 2.24) is 4.98 Å². The third-order valence-corrected chi connectivity index (χ3v) is 3.68. The first-order valence-corrected chi connectivity index (χ1v) is 6.83. The van der Waals surface area contributed by atoms with E-state index in [1.165, 1.54) is 5.56 Å². The molecule has 0 bridgehead atoms. The lowest BCUT2D eigenvalue weighted by atomic mass is 10.0. The molecule has 20 heavy (non-hydrogen) atoms.